The maximum atomic E-state index is 15.2. The van der Waals surface area contributed by atoms with Crippen LogP contribution in [0.3, 0.4) is 0 Å². The van der Waals surface area contributed by atoms with Crippen LogP contribution in [0.25, 0.3) is 10.9 Å². The van der Waals surface area contributed by atoms with E-state index in [0.29, 0.717) is 81.7 Å². The Hall–Kier alpha value is -5.44. The molecule has 2 amide bonds. The third-order valence-corrected chi connectivity index (χ3v) is 14.7. The summed E-state index contributed by atoms with van der Waals surface area (Å²) in [4.78, 5) is 49.1. The number of carbonyl (C=O) groups is 2. The summed E-state index contributed by atoms with van der Waals surface area (Å²) < 4.78 is 50.0. The minimum absolute atomic E-state index is 0.0564. The van der Waals surface area contributed by atoms with Crippen molar-refractivity contribution >= 4 is 81.3 Å². The van der Waals surface area contributed by atoms with Crippen LogP contribution in [0.2, 0.25) is 5.02 Å². The van der Waals surface area contributed by atoms with Gasteiger partial charge in [-0.2, -0.15) is 4.98 Å². The minimum atomic E-state index is -2.81. The molecule has 9 rings (SSSR count). The lowest BCUT2D eigenvalue weighted by Gasteiger charge is -2.63. The maximum absolute atomic E-state index is 15.2. The average molecular weight is 899 g/mol. The van der Waals surface area contributed by atoms with Crippen LogP contribution in [0.1, 0.15) is 55.5 Å². The molecule has 4 saturated heterocycles. The molecule has 4 aliphatic rings. The number of hydrogen-bond acceptors (Lipinski definition) is 13. The Labute approximate surface area is 369 Å². The first-order chi connectivity index (χ1) is 30.1. The van der Waals surface area contributed by atoms with Gasteiger partial charge in [-0.05, 0) is 75.4 Å². The van der Waals surface area contributed by atoms with E-state index in [-0.39, 0.29) is 23.8 Å². The number of benzene rings is 3. The number of anilines is 6. The van der Waals surface area contributed by atoms with E-state index in [9.17, 15) is 14.2 Å². The molecule has 4 fully saturated rings. The zero-order chi connectivity index (χ0) is 44.4. The summed E-state index contributed by atoms with van der Waals surface area (Å²) in [7, 11) is -1.18. The van der Waals surface area contributed by atoms with Gasteiger partial charge >= 0.3 is 0 Å². The number of rotatable bonds is 11. The lowest BCUT2D eigenvalue weighted by molar-refractivity contribution is -0.134. The van der Waals surface area contributed by atoms with Crippen LogP contribution in [0, 0.1) is 24.0 Å². The van der Waals surface area contributed by atoms with Crippen LogP contribution in [0.15, 0.2) is 48.8 Å². The zero-order valence-corrected chi connectivity index (χ0v) is 37.5. The normalized spacial score (nSPS) is 19.2. The summed E-state index contributed by atoms with van der Waals surface area (Å²) in [5.74, 6) is -1.60. The number of halogens is 3. The van der Waals surface area contributed by atoms with E-state index in [0.717, 1.165) is 55.8 Å². The fourth-order valence-electron chi connectivity index (χ4n) is 9.78. The van der Waals surface area contributed by atoms with Crippen molar-refractivity contribution in [3.8, 4) is 5.75 Å². The molecule has 0 aliphatic carbocycles. The van der Waals surface area contributed by atoms with Crippen LogP contribution >= 0.6 is 18.7 Å². The van der Waals surface area contributed by atoms with Gasteiger partial charge in [0, 0.05) is 103 Å². The first-order valence-electron chi connectivity index (χ1n) is 21.3. The number of aryl methyl sites for hydroxylation is 2. The van der Waals surface area contributed by atoms with E-state index < -0.39 is 36.5 Å². The summed E-state index contributed by atoms with van der Waals surface area (Å²) in [6.45, 7) is 12.7. The lowest BCUT2D eigenvalue weighted by Crippen LogP contribution is -2.74. The molecule has 3 N–H and O–H groups in total. The summed E-state index contributed by atoms with van der Waals surface area (Å²) in [6.07, 6.45) is 5.86. The largest absolute Gasteiger partial charge is 0.494 e. The lowest BCUT2D eigenvalue weighted by atomic mass is 9.71. The molecule has 18 heteroatoms. The molecule has 4 aliphatic heterocycles. The molecule has 2 aromatic heterocycles. The van der Waals surface area contributed by atoms with E-state index in [1.54, 1.807) is 26.6 Å². The molecule has 0 saturated carbocycles. The molecule has 1 spiro atoms. The highest BCUT2D eigenvalue weighted by Gasteiger charge is 2.53. The predicted molar refractivity (Wildman–Crippen MR) is 242 cm³/mol. The number of hydrogen-bond donors (Lipinski definition) is 3. The number of aromatic nitrogens is 4. The monoisotopic (exact) mass is 898 g/mol. The van der Waals surface area contributed by atoms with Crippen molar-refractivity contribution in [3.63, 3.8) is 0 Å². The number of fused-ring (bicyclic) bond motifs is 1. The smallest absolute Gasteiger partial charge is 0.234 e. The Bertz CT molecular complexity index is 2670. The standard InChI is InChI=1S/C45H50ClF2N10O4P/c1-6-38-49-19-29-33(51-38)8-9-34(41(29)63(4,5)61)52-42-30(46)20-50-44(55-42)53-35-15-25(2)36(18-37(35)62-3)58-23-45(24-58)21-57(22-45)26-11-13-56(14-12-26)27-16-31(47)40(32(48)17-27)28-7-10-39(59)54-43(28)60/h8-9,15-20,26,28H,6-7,10-14,21-24H2,1-5H3,(H,54,59,60)(H2,50,52,53,55)/t28-/m1/s1. The summed E-state index contributed by atoms with van der Waals surface area (Å²) in [5.41, 5.74) is 4.61. The molecule has 14 nitrogen and oxygen atoms in total. The Morgan fingerprint density at radius 1 is 0.937 bits per heavy atom. The van der Waals surface area contributed by atoms with Crippen molar-refractivity contribution in [2.75, 3.05) is 80.1 Å². The minimum Gasteiger partial charge on any atom is -0.494 e. The summed E-state index contributed by atoms with van der Waals surface area (Å²) >= 11 is 6.61. The number of nitrogens with zero attached hydrogens (tertiary/aromatic N) is 7. The van der Waals surface area contributed by atoms with Gasteiger partial charge in [0.1, 0.15) is 35.4 Å². The third kappa shape index (κ3) is 8.28. The van der Waals surface area contributed by atoms with E-state index in [1.807, 2.05) is 36.1 Å². The van der Waals surface area contributed by atoms with Crippen LogP contribution in [0.5, 0.6) is 5.75 Å². The molecule has 5 aromatic rings. The molecule has 3 aromatic carbocycles. The van der Waals surface area contributed by atoms with Crippen molar-refractivity contribution in [3.05, 3.63) is 82.4 Å². The molecule has 330 valence electrons. The third-order valence-electron chi connectivity index (χ3n) is 12.9. The number of nitrogens with one attached hydrogen (secondary N) is 3. The summed E-state index contributed by atoms with van der Waals surface area (Å²) in [5, 5.41) is 10.4. The Balaban J connectivity index is 0.814. The van der Waals surface area contributed by atoms with Gasteiger partial charge in [0.05, 0.1) is 36.1 Å². The highest BCUT2D eigenvalue weighted by atomic mass is 35.5. The maximum Gasteiger partial charge on any atom is 0.234 e. The molecule has 1 atom stereocenters. The number of amides is 2. The molecule has 63 heavy (non-hydrogen) atoms. The topological polar surface area (TPSA) is 158 Å². The van der Waals surface area contributed by atoms with Gasteiger partial charge in [-0.3, -0.25) is 19.8 Å². The number of likely N-dealkylation sites (tertiary alicyclic amines) is 1. The van der Waals surface area contributed by atoms with Gasteiger partial charge in [0.25, 0.3) is 0 Å². The highest BCUT2D eigenvalue weighted by molar-refractivity contribution is 7.71. The molecule has 0 radical (unpaired) electrons. The van der Waals surface area contributed by atoms with Crippen LogP contribution in [0.4, 0.5) is 43.3 Å². The second-order valence-electron chi connectivity index (χ2n) is 17.7. The van der Waals surface area contributed by atoms with Gasteiger partial charge < -0.3 is 29.7 Å². The Morgan fingerprint density at radius 2 is 1.67 bits per heavy atom. The average Bonchev–Trinajstić information content (AvgIpc) is 3.21. The Morgan fingerprint density at radius 3 is 2.33 bits per heavy atom. The SMILES string of the molecule is CCc1ncc2c(P(C)(C)=O)c(Nc3nc(Nc4cc(C)c(N5CC6(C5)CN(C5CCN(c7cc(F)c([C@H]8CCC(=O)NC8=O)c(F)c7)CC5)C6)cc4OC)ncc3Cl)ccc2n1. The van der Waals surface area contributed by atoms with E-state index in [2.05, 4.69) is 47.6 Å². The van der Waals surface area contributed by atoms with Crippen LogP contribution in [-0.2, 0) is 20.6 Å². The number of carbonyl (C=O) groups excluding carboxylic acids is 2. The fraction of sp³-hybridized carbons (Fsp3) is 0.422. The number of methoxy groups -OCH3 is 1. The number of imide groups is 1. The molecular formula is C45H50ClF2N10O4P. The molecule has 0 unspecified atom stereocenters. The zero-order valence-electron chi connectivity index (χ0n) is 35.9. The first kappa shape index (κ1) is 42.8. The quantitative estimate of drug-likeness (QED) is 0.0899. The molecular weight excluding hydrogens is 849 g/mol. The van der Waals surface area contributed by atoms with Crippen molar-refractivity contribution in [2.45, 2.75) is 57.9 Å². The van der Waals surface area contributed by atoms with Crippen LogP contribution in [-0.4, -0.2) is 102 Å². The van der Waals surface area contributed by atoms with E-state index in [4.69, 9.17) is 21.3 Å². The Kier molecular flexibility index (Phi) is 11.3. The summed E-state index contributed by atoms with van der Waals surface area (Å²) in [6, 6.07) is 10.8. The second kappa shape index (κ2) is 16.6. The number of ether oxygens (including phenoxy) is 1. The molecule has 6 heterocycles. The van der Waals surface area contributed by atoms with Gasteiger partial charge in [0.2, 0.25) is 17.8 Å². The highest BCUT2D eigenvalue weighted by Crippen LogP contribution is 2.47. The fourth-order valence-corrected chi connectivity index (χ4v) is 11.4. The van der Waals surface area contributed by atoms with Gasteiger partial charge in [-0.15, -0.1) is 0 Å². The first-order valence-corrected chi connectivity index (χ1v) is 24.3. The van der Waals surface area contributed by atoms with Crippen molar-refractivity contribution in [1.29, 1.82) is 0 Å². The number of piperidine rings is 2. The predicted octanol–water partition coefficient (Wildman–Crippen LogP) is 7.28. The molecule has 0 bridgehead atoms. The van der Waals surface area contributed by atoms with Crippen molar-refractivity contribution in [2.24, 2.45) is 5.41 Å². The van der Waals surface area contributed by atoms with Crippen molar-refractivity contribution < 1.29 is 27.7 Å². The van der Waals surface area contributed by atoms with Crippen LogP contribution < -0.4 is 35.8 Å². The van der Waals surface area contributed by atoms with Crippen molar-refractivity contribution in [1.82, 2.24) is 30.2 Å². The van der Waals surface area contributed by atoms with E-state index >= 15 is 8.78 Å². The second-order valence-corrected chi connectivity index (χ2v) is 21.2. The van der Waals surface area contributed by atoms with E-state index in [1.165, 1.54) is 18.3 Å². The van der Waals surface area contributed by atoms with Gasteiger partial charge in [-0.25, -0.2) is 23.7 Å². The van der Waals surface area contributed by atoms with Gasteiger partial charge in [0.15, 0.2) is 5.82 Å². The van der Waals surface area contributed by atoms with Gasteiger partial charge in [-0.1, -0.05) is 18.5 Å².